The molecular weight excluding hydrogens is 492 g/mol. The van der Waals surface area contributed by atoms with Crippen molar-refractivity contribution in [3.05, 3.63) is 78.1 Å². The van der Waals surface area contributed by atoms with Crippen LogP contribution in [0.25, 0.3) is 33.5 Å². The highest BCUT2D eigenvalue weighted by Gasteiger charge is 2.20. The first-order valence-electron chi connectivity index (χ1n) is 13.1. The van der Waals surface area contributed by atoms with Crippen molar-refractivity contribution < 1.29 is 14.3 Å². The molecule has 0 aliphatic heterocycles. The number of aromatic amines is 1. The molecule has 0 spiro atoms. The smallest absolute Gasteiger partial charge is 0.428 e. The first-order chi connectivity index (χ1) is 18.8. The second-order valence-corrected chi connectivity index (χ2v) is 10.4. The summed E-state index contributed by atoms with van der Waals surface area (Å²) in [5.74, 6) is 2.06. The Balaban J connectivity index is 1.43. The van der Waals surface area contributed by atoms with Crippen molar-refractivity contribution in [3.63, 3.8) is 0 Å². The van der Waals surface area contributed by atoms with Crippen LogP contribution in [0.1, 0.15) is 51.9 Å². The third kappa shape index (κ3) is 6.14. The topological polar surface area (TPSA) is 108 Å². The fourth-order valence-corrected chi connectivity index (χ4v) is 4.42. The van der Waals surface area contributed by atoms with Gasteiger partial charge in [-0.05, 0) is 67.8 Å². The number of para-hydroxylation sites is 1. The summed E-state index contributed by atoms with van der Waals surface area (Å²) in [4.78, 5) is 17.2. The Kier molecular flexibility index (Phi) is 7.40. The molecule has 9 heteroatoms. The Hall–Kier alpha value is -4.53. The minimum absolute atomic E-state index is 0.455. The number of tetrazole rings is 1. The molecule has 2 aromatic heterocycles. The number of rotatable bonds is 8. The number of carbonyl (C=O) groups excluding carboxylic acids is 1. The number of fused-ring (bicyclic) bond motifs is 1. The quantitative estimate of drug-likeness (QED) is 0.180. The van der Waals surface area contributed by atoms with Crippen LogP contribution >= 0.6 is 0 Å². The van der Waals surface area contributed by atoms with Crippen molar-refractivity contribution in [1.29, 1.82) is 0 Å². The summed E-state index contributed by atoms with van der Waals surface area (Å²) in [6.07, 6.45) is 2.33. The second kappa shape index (κ2) is 11.1. The second-order valence-electron chi connectivity index (χ2n) is 10.4. The average molecular weight is 525 g/mol. The monoisotopic (exact) mass is 524 g/mol. The van der Waals surface area contributed by atoms with Gasteiger partial charge in [-0.25, -0.2) is 9.78 Å². The Morgan fingerprint density at radius 3 is 2.49 bits per heavy atom. The van der Waals surface area contributed by atoms with Gasteiger partial charge < -0.3 is 14.0 Å². The lowest BCUT2D eigenvalue weighted by molar-refractivity contribution is 0.0207. The van der Waals surface area contributed by atoms with E-state index in [1.165, 1.54) is 0 Å². The molecule has 0 aliphatic carbocycles. The van der Waals surface area contributed by atoms with Crippen LogP contribution in [0.5, 0.6) is 5.75 Å². The number of aromatic nitrogens is 6. The van der Waals surface area contributed by atoms with Gasteiger partial charge in [0.15, 0.2) is 0 Å². The normalized spacial score (nSPS) is 11.6. The SMILES string of the molecule is CCCCc1nc2ccc(-c3nn[nH]n3)cc2n1Cc1ccc(-c2ccccc2OC(=O)OC(C)(C)C)cc1. The summed E-state index contributed by atoms with van der Waals surface area (Å²) in [6, 6.07) is 21.8. The molecular formula is C30H32N6O3. The van der Waals surface area contributed by atoms with E-state index in [1.54, 1.807) is 6.07 Å². The Labute approximate surface area is 227 Å². The van der Waals surface area contributed by atoms with Crippen molar-refractivity contribution in [2.75, 3.05) is 0 Å². The highest BCUT2D eigenvalue weighted by atomic mass is 16.7. The molecule has 2 heterocycles. The summed E-state index contributed by atoms with van der Waals surface area (Å²) >= 11 is 0. The van der Waals surface area contributed by atoms with Gasteiger partial charge in [-0.1, -0.05) is 55.8 Å². The molecule has 200 valence electrons. The minimum Gasteiger partial charge on any atom is -0.428 e. The summed E-state index contributed by atoms with van der Waals surface area (Å²) < 4.78 is 13.1. The van der Waals surface area contributed by atoms with E-state index in [9.17, 15) is 4.79 Å². The number of benzene rings is 3. The third-order valence-corrected chi connectivity index (χ3v) is 6.26. The fraction of sp³-hybridized carbons (Fsp3) is 0.300. The van der Waals surface area contributed by atoms with E-state index in [0.29, 0.717) is 18.1 Å². The van der Waals surface area contributed by atoms with Gasteiger partial charge in [-0.3, -0.25) is 0 Å². The van der Waals surface area contributed by atoms with Crippen LogP contribution in [0.4, 0.5) is 4.79 Å². The lowest BCUT2D eigenvalue weighted by Crippen LogP contribution is -2.26. The van der Waals surface area contributed by atoms with Crippen molar-refractivity contribution >= 4 is 17.2 Å². The molecule has 0 aliphatic rings. The van der Waals surface area contributed by atoms with Crippen LogP contribution in [0, 0.1) is 0 Å². The molecule has 9 nitrogen and oxygen atoms in total. The lowest BCUT2D eigenvalue weighted by atomic mass is 10.0. The molecule has 0 saturated carbocycles. The van der Waals surface area contributed by atoms with Crippen LogP contribution in [0.15, 0.2) is 66.7 Å². The highest BCUT2D eigenvalue weighted by Crippen LogP contribution is 2.31. The molecule has 0 fully saturated rings. The molecule has 0 unspecified atom stereocenters. The number of nitrogens with one attached hydrogen (secondary N) is 1. The highest BCUT2D eigenvalue weighted by molar-refractivity contribution is 5.81. The van der Waals surface area contributed by atoms with Crippen LogP contribution in [-0.4, -0.2) is 41.9 Å². The Morgan fingerprint density at radius 1 is 1.00 bits per heavy atom. The average Bonchev–Trinajstić information content (AvgIpc) is 3.56. The van der Waals surface area contributed by atoms with E-state index in [-0.39, 0.29) is 0 Å². The number of carbonyl (C=O) groups is 1. The Bertz CT molecular complexity index is 1570. The maximum atomic E-state index is 12.3. The van der Waals surface area contributed by atoms with Crippen molar-refractivity contribution in [3.8, 4) is 28.3 Å². The van der Waals surface area contributed by atoms with Crippen LogP contribution in [0.3, 0.4) is 0 Å². The third-order valence-electron chi connectivity index (χ3n) is 6.26. The van der Waals surface area contributed by atoms with Gasteiger partial charge in [-0.2, -0.15) is 5.21 Å². The fourth-order valence-electron chi connectivity index (χ4n) is 4.42. The van der Waals surface area contributed by atoms with Crippen LogP contribution < -0.4 is 4.74 Å². The number of unbranched alkanes of at least 4 members (excludes halogenated alkanes) is 1. The number of hydrogen-bond donors (Lipinski definition) is 1. The zero-order chi connectivity index (χ0) is 27.4. The molecule has 0 radical (unpaired) electrons. The van der Waals surface area contributed by atoms with Gasteiger partial charge in [-0.15, -0.1) is 10.2 Å². The molecule has 5 aromatic rings. The number of imidazole rings is 1. The number of hydrogen-bond acceptors (Lipinski definition) is 7. The predicted molar refractivity (Wildman–Crippen MR) is 149 cm³/mol. The van der Waals surface area contributed by atoms with Gasteiger partial charge in [0.1, 0.15) is 17.2 Å². The largest absolute Gasteiger partial charge is 0.514 e. The van der Waals surface area contributed by atoms with E-state index < -0.39 is 11.8 Å². The molecule has 1 N–H and O–H groups in total. The van der Waals surface area contributed by atoms with Gasteiger partial charge in [0.05, 0.1) is 11.0 Å². The van der Waals surface area contributed by atoms with Gasteiger partial charge in [0.25, 0.3) is 0 Å². The lowest BCUT2D eigenvalue weighted by Gasteiger charge is -2.19. The Morgan fingerprint density at radius 2 is 1.77 bits per heavy atom. The van der Waals surface area contributed by atoms with E-state index >= 15 is 0 Å². The van der Waals surface area contributed by atoms with Gasteiger partial charge in [0, 0.05) is 24.1 Å². The first kappa shape index (κ1) is 26.1. The first-order valence-corrected chi connectivity index (χ1v) is 13.1. The molecule has 39 heavy (non-hydrogen) atoms. The minimum atomic E-state index is -0.724. The van der Waals surface area contributed by atoms with E-state index in [2.05, 4.69) is 50.3 Å². The molecule has 0 atom stereocenters. The van der Waals surface area contributed by atoms with E-state index in [1.807, 2.05) is 63.2 Å². The zero-order valence-corrected chi connectivity index (χ0v) is 22.6. The number of aryl methyl sites for hydroxylation is 1. The number of H-pyrrole nitrogens is 1. The zero-order valence-electron chi connectivity index (χ0n) is 22.6. The predicted octanol–water partition coefficient (Wildman–Crippen LogP) is 6.59. The van der Waals surface area contributed by atoms with Crippen molar-refractivity contribution in [2.24, 2.45) is 0 Å². The van der Waals surface area contributed by atoms with Gasteiger partial charge in [0.2, 0.25) is 5.82 Å². The molecule has 3 aromatic carbocycles. The van der Waals surface area contributed by atoms with Crippen LogP contribution in [0.2, 0.25) is 0 Å². The van der Waals surface area contributed by atoms with Crippen molar-refractivity contribution in [2.45, 2.75) is 59.1 Å². The van der Waals surface area contributed by atoms with Crippen LogP contribution in [-0.2, 0) is 17.7 Å². The molecule has 0 saturated heterocycles. The maximum Gasteiger partial charge on any atom is 0.514 e. The molecule has 5 rings (SSSR count). The van der Waals surface area contributed by atoms with E-state index in [0.717, 1.165) is 58.4 Å². The summed E-state index contributed by atoms with van der Waals surface area (Å²) in [6.45, 7) is 8.28. The molecule has 0 bridgehead atoms. The van der Waals surface area contributed by atoms with E-state index in [4.69, 9.17) is 14.5 Å². The molecule has 0 amide bonds. The standard InChI is InChI=1S/C30H32N6O3/c1-5-6-11-27-31-24-17-16-22(28-32-34-35-33-28)18-25(24)36(27)19-20-12-14-21(15-13-20)23-9-7-8-10-26(23)38-29(37)39-30(2,3)4/h7-10,12-18H,5-6,11,19H2,1-4H3,(H,32,33,34,35). The summed E-state index contributed by atoms with van der Waals surface area (Å²) in [5, 5.41) is 14.5. The van der Waals surface area contributed by atoms with Gasteiger partial charge >= 0.3 is 6.16 Å². The van der Waals surface area contributed by atoms with Crippen molar-refractivity contribution in [1.82, 2.24) is 30.2 Å². The number of ether oxygens (including phenoxy) is 2. The summed E-state index contributed by atoms with van der Waals surface area (Å²) in [7, 11) is 0. The summed E-state index contributed by atoms with van der Waals surface area (Å²) in [5.41, 5.74) is 5.12. The number of nitrogens with zero attached hydrogens (tertiary/aromatic N) is 5. The maximum absolute atomic E-state index is 12.3.